The zero-order valence-corrected chi connectivity index (χ0v) is 14.5. The molecule has 0 fully saturated rings. The van der Waals surface area contributed by atoms with E-state index in [-0.39, 0.29) is 5.91 Å². The van der Waals surface area contributed by atoms with Gasteiger partial charge in [0.1, 0.15) is 16.5 Å². The van der Waals surface area contributed by atoms with E-state index in [4.69, 9.17) is 10.2 Å². The van der Waals surface area contributed by atoms with Crippen LogP contribution in [0.5, 0.6) is 0 Å². The Kier molecular flexibility index (Phi) is 4.57. The van der Waals surface area contributed by atoms with E-state index in [9.17, 15) is 9.59 Å². The molecule has 2 aromatic heterocycles. The van der Waals surface area contributed by atoms with Gasteiger partial charge in [-0.05, 0) is 55.9 Å². The van der Waals surface area contributed by atoms with E-state index >= 15 is 0 Å². The van der Waals surface area contributed by atoms with E-state index in [0.29, 0.717) is 22.2 Å². The molecular formula is C18H20N2O3S. The largest absolute Gasteiger partial charge is 0.462 e. The Morgan fingerprint density at radius 3 is 2.88 bits per heavy atom. The fraction of sp³-hybridized carbons (Fsp3) is 0.333. The first-order chi connectivity index (χ1) is 11.4. The third-order valence-electron chi connectivity index (χ3n) is 4.15. The molecule has 0 saturated heterocycles. The zero-order chi connectivity index (χ0) is 17.3. The number of carbonyl (C=O) groups is 2. The van der Waals surface area contributed by atoms with Crippen molar-refractivity contribution in [2.75, 3.05) is 5.32 Å². The van der Waals surface area contributed by atoms with Crippen molar-refractivity contribution in [1.82, 2.24) is 0 Å². The number of fused-ring (bicyclic) bond motifs is 1. The Balaban J connectivity index is 1.80. The van der Waals surface area contributed by atoms with Gasteiger partial charge in [-0.25, -0.2) is 0 Å². The van der Waals surface area contributed by atoms with E-state index < -0.39 is 5.91 Å². The van der Waals surface area contributed by atoms with Gasteiger partial charge in [0.05, 0.1) is 5.56 Å². The summed E-state index contributed by atoms with van der Waals surface area (Å²) in [5, 5.41) is 3.34. The molecule has 6 heteroatoms. The van der Waals surface area contributed by atoms with E-state index in [1.54, 1.807) is 12.1 Å². The van der Waals surface area contributed by atoms with Crippen LogP contribution in [0.2, 0.25) is 0 Å². The number of rotatable bonds is 4. The quantitative estimate of drug-likeness (QED) is 0.832. The Labute approximate surface area is 144 Å². The molecule has 5 nitrogen and oxygen atoms in total. The molecule has 3 rings (SSSR count). The number of hydrogen-bond acceptors (Lipinski definition) is 4. The van der Waals surface area contributed by atoms with Crippen LogP contribution in [0, 0.1) is 12.8 Å². The van der Waals surface area contributed by atoms with Crippen molar-refractivity contribution in [3.63, 3.8) is 0 Å². The van der Waals surface area contributed by atoms with Crippen molar-refractivity contribution in [2.24, 2.45) is 11.7 Å². The molecule has 0 bridgehead atoms. The minimum atomic E-state index is -0.483. The first-order valence-electron chi connectivity index (χ1n) is 7.94. The molecule has 0 saturated carbocycles. The molecule has 1 aliphatic carbocycles. The van der Waals surface area contributed by atoms with Gasteiger partial charge < -0.3 is 15.5 Å². The maximum Gasteiger partial charge on any atom is 0.251 e. The summed E-state index contributed by atoms with van der Waals surface area (Å²) in [5.41, 5.74) is 7.02. The molecule has 126 valence electrons. The lowest BCUT2D eigenvalue weighted by Gasteiger charge is -2.18. The Hall–Kier alpha value is -2.34. The maximum absolute atomic E-state index is 12.2. The Morgan fingerprint density at radius 1 is 1.42 bits per heavy atom. The summed E-state index contributed by atoms with van der Waals surface area (Å²) in [6, 6.07) is 3.62. The second kappa shape index (κ2) is 6.65. The summed E-state index contributed by atoms with van der Waals surface area (Å²) >= 11 is 1.46. The molecule has 0 spiro atoms. The topological polar surface area (TPSA) is 85.3 Å². The molecule has 1 aliphatic rings. The summed E-state index contributed by atoms with van der Waals surface area (Å²) in [6.07, 6.45) is 5.79. The molecule has 24 heavy (non-hydrogen) atoms. The Morgan fingerprint density at radius 2 is 2.21 bits per heavy atom. The number of furan rings is 1. The molecule has 2 amide bonds. The van der Waals surface area contributed by atoms with Gasteiger partial charge in [-0.1, -0.05) is 6.92 Å². The lowest BCUT2D eigenvalue weighted by molar-refractivity contribution is -0.111. The highest BCUT2D eigenvalue weighted by atomic mass is 32.1. The number of amides is 2. The predicted octanol–water partition coefficient (Wildman–Crippen LogP) is 3.53. The fourth-order valence-electron chi connectivity index (χ4n) is 2.95. The third-order valence-corrected chi connectivity index (χ3v) is 5.32. The van der Waals surface area contributed by atoms with Crippen molar-refractivity contribution in [2.45, 2.75) is 33.1 Å². The number of aryl methyl sites for hydroxylation is 1. The van der Waals surface area contributed by atoms with Gasteiger partial charge in [-0.3, -0.25) is 9.59 Å². The maximum atomic E-state index is 12.2. The van der Waals surface area contributed by atoms with Crippen LogP contribution >= 0.6 is 11.3 Å². The van der Waals surface area contributed by atoms with Crippen molar-refractivity contribution in [3.05, 3.63) is 45.7 Å². The van der Waals surface area contributed by atoms with Crippen molar-refractivity contribution >= 4 is 34.2 Å². The Bertz CT molecular complexity index is 816. The number of thiophene rings is 1. The second-order valence-corrected chi connectivity index (χ2v) is 7.30. The number of nitrogens with one attached hydrogen (secondary N) is 1. The summed E-state index contributed by atoms with van der Waals surface area (Å²) in [5.74, 6) is 1.19. The average Bonchev–Trinajstić information content (AvgIpc) is 3.07. The first kappa shape index (κ1) is 16.5. The van der Waals surface area contributed by atoms with E-state index in [1.807, 2.05) is 13.0 Å². The first-order valence-corrected chi connectivity index (χ1v) is 8.75. The number of anilines is 1. The van der Waals surface area contributed by atoms with E-state index in [1.165, 1.54) is 17.4 Å². The summed E-state index contributed by atoms with van der Waals surface area (Å²) < 4.78 is 5.39. The third kappa shape index (κ3) is 3.43. The lowest BCUT2D eigenvalue weighted by atomic mass is 9.88. The van der Waals surface area contributed by atoms with Crippen LogP contribution in [0.25, 0.3) is 6.08 Å². The minimum Gasteiger partial charge on any atom is -0.462 e. The van der Waals surface area contributed by atoms with Gasteiger partial charge in [0.15, 0.2) is 0 Å². The molecule has 2 aromatic rings. The van der Waals surface area contributed by atoms with Crippen LogP contribution in [0.4, 0.5) is 5.00 Å². The highest BCUT2D eigenvalue weighted by Crippen LogP contribution is 2.39. The molecule has 0 aliphatic heterocycles. The van der Waals surface area contributed by atoms with Crippen LogP contribution < -0.4 is 11.1 Å². The fourth-order valence-corrected chi connectivity index (χ4v) is 4.37. The van der Waals surface area contributed by atoms with Crippen LogP contribution in [0.1, 0.15) is 45.7 Å². The molecular weight excluding hydrogens is 324 g/mol. The minimum absolute atomic E-state index is 0.307. The van der Waals surface area contributed by atoms with E-state index in [2.05, 4.69) is 12.2 Å². The lowest BCUT2D eigenvalue weighted by Crippen LogP contribution is -2.18. The van der Waals surface area contributed by atoms with Crippen LogP contribution in [0.15, 0.2) is 22.6 Å². The smallest absolute Gasteiger partial charge is 0.251 e. The number of hydrogen-bond donors (Lipinski definition) is 2. The predicted molar refractivity (Wildman–Crippen MR) is 95.1 cm³/mol. The van der Waals surface area contributed by atoms with Crippen molar-refractivity contribution in [3.8, 4) is 0 Å². The van der Waals surface area contributed by atoms with Gasteiger partial charge in [0.25, 0.3) is 5.91 Å². The average molecular weight is 344 g/mol. The highest BCUT2D eigenvalue weighted by molar-refractivity contribution is 7.17. The van der Waals surface area contributed by atoms with Gasteiger partial charge in [-0.2, -0.15) is 0 Å². The van der Waals surface area contributed by atoms with Gasteiger partial charge in [0.2, 0.25) is 5.91 Å². The summed E-state index contributed by atoms with van der Waals surface area (Å²) in [4.78, 5) is 25.2. The monoisotopic (exact) mass is 344 g/mol. The molecule has 2 heterocycles. The van der Waals surface area contributed by atoms with Crippen LogP contribution in [0.3, 0.4) is 0 Å². The van der Waals surface area contributed by atoms with Crippen molar-refractivity contribution < 1.29 is 14.0 Å². The number of primary amides is 1. The standard InChI is InChI=1S/C18H20N2O3S/c1-10-3-7-13-14(9-10)24-18(16(13)17(19)22)20-15(21)8-6-12-5-4-11(2)23-12/h4-6,8,10H,3,7,9H2,1-2H3,(H2,19,22)(H,20,21)/b8-6-/t10-/m0/s1. The zero-order valence-electron chi connectivity index (χ0n) is 13.7. The molecule has 3 N–H and O–H groups in total. The normalized spacial score (nSPS) is 17.0. The van der Waals surface area contributed by atoms with Gasteiger partial charge >= 0.3 is 0 Å². The highest BCUT2D eigenvalue weighted by Gasteiger charge is 2.26. The van der Waals surface area contributed by atoms with Crippen LogP contribution in [-0.2, 0) is 17.6 Å². The van der Waals surface area contributed by atoms with Gasteiger partial charge in [-0.15, -0.1) is 11.3 Å². The molecule has 0 aromatic carbocycles. The van der Waals surface area contributed by atoms with E-state index in [0.717, 1.165) is 35.5 Å². The number of carbonyl (C=O) groups excluding carboxylic acids is 2. The van der Waals surface area contributed by atoms with Gasteiger partial charge in [0, 0.05) is 11.0 Å². The summed E-state index contributed by atoms with van der Waals surface area (Å²) in [6.45, 7) is 4.03. The summed E-state index contributed by atoms with van der Waals surface area (Å²) in [7, 11) is 0. The van der Waals surface area contributed by atoms with Crippen molar-refractivity contribution in [1.29, 1.82) is 0 Å². The molecule has 0 unspecified atom stereocenters. The van der Waals surface area contributed by atoms with Crippen LogP contribution in [-0.4, -0.2) is 11.8 Å². The SMILES string of the molecule is Cc1ccc(/C=C\C(=O)Nc2sc3c(c2C(N)=O)CC[C@H](C)C3)o1. The second-order valence-electron chi connectivity index (χ2n) is 6.19. The molecule has 1 atom stereocenters. The molecule has 0 radical (unpaired) electrons. The number of nitrogens with two attached hydrogens (primary N) is 1.